The van der Waals surface area contributed by atoms with Gasteiger partial charge in [0.05, 0.1) is 10.6 Å². The molecule has 2 aromatic carbocycles. The van der Waals surface area contributed by atoms with Crippen LogP contribution in [0.25, 0.3) is 5.69 Å². The molecule has 1 heterocycles. The molecule has 0 bridgehead atoms. The van der Waals surface area contributed by atoms with Crippen LogP contribution in [0.3, 0.4) is 0 Å². The molecule has 6 nitrogen and oxygen atoms in total. The Morgan fingerprint density at radius 3 is 2.36 bits per heavy atom. The molecule has 0 amide bonds. The van der Waals surface area contributed by atoms with Gasteiger partial charge in [0, 0.05) is 6.54 Å². The van der Waals surface area contributed by atoms with E-state index in [0.717, 1.165) is 11.3 Å². The Morgan fingerprint density at radius 1 is 1.00 bits per heavy atom. The van der Waals surface area contributed by atoms with Gasteiger partial charge in [0.1, 0.15) is 12.7 Å². The molecule has 112 valence electrons. The van der Waals surface area contributed by atoms with Crippen molar-refractivity contribution in [2.24, 2.45) is 0 Å². The second-order valence-electron chi connectivity index (χ2n) is 4.64. The monoisotopic (exact) mass is 314 g/mol. The van der Waals surface area contributed by atoms with Gasteiger partial charge in [-0.25, -0.2) is 22.8 Å². The number of rotatable bonds is 5. The van der Waals surface area contributed by atoms with Crippen molar-refractivity contribution in [1.29, 1.82) is 0 Å². The Balaban J connectivity index is 1.69. The minimum Gasteiger partial charge on any atom is -0.223 e. The maximum absolute atomic E-state index is 12.1. The summed E-state index contributed by atoms with van der Waals surface area (Å²) in [5.41, 5.74) is 1.73. The van der Waals surface area contributed by atoms with Crippen molar-refractivity contribution in [3.8, 4) is 5.69 Å². The zero-order valence-electron chi connectivity index (χ0n) is 11.6. The van der Waals surface area contributed by atoms with E-state index in [1.165, 1.54) is 6.33 Å². The molecular formula is C15H14N4O2S. The quantitative estimate of drug-likeness (QED) is 0.778. The molecule has 0 saturated carbocycles. The van der Waals surface area contributed by atoms with E-state index in [4.69, 9.17) is 0 Å². The van der Waals surface area contributed by atoms with E-state index >= 15 is 0 Å². The lowest BCUT2D eigenvalue weighted by atomic mass is 10.2. The minimum atomic E-state index is -3.49. The van der Waals surface area contributed by atoms with E-state index in [1.54, 1.807) is 41.3 Å². The first-order chi connectivity index (χ1) is 10.6. The van der Waals surface area contributed by atoms with Crippen molar-refractivity contribution >= 4 is 10.0 Å². The highest BCUT2D eigenvalue weighted by molar-refractivity contribution is 7.89. The summed E-state index contributed by atoms with van der Waals surface area (Å²) in [7, 11) is -3.49. The number of nitrogens with one attached hydrogen (secondary N) is 1. The maximum atomic E-state index is 12.1. The van der Waals surface area contributed by atoms with Gasteiger partial charge in [-0.15, -0.1) is 0 Å². The topological polar surface area (TPSA) is 76.9 Å². The van der Waals surface area contributed by atoms with Gasteiger partial charge in [0.25, 0.3) is 0 Å². The fraction of sp³-hybridized carbons (Fsp3) is 0.0667. The van der Waals surface area contributed by atoms with E-state index in [9.17, 15) is 8.42 Å². The molecule has 0 radical (unpaired) electrons. The molecule has 0 fully saturated rings. The van der Waals surface area contributed by atoms with E-state index in [1.807, 2.05) is 24.3 Å². The molecule has 0 aliphatic carbocycles. The van der Waals surface area contributed by atoms with Crippen molar-refractivity contribution in [2.75, 3.05) is 0 Å². The minimum absolute atomic E-state index is 0.231. The summed E-state index contributed by atoms with van der Waals surface area (Å²) in [6.45, 7) is 0.231. The van der Waals surface area contributed by atoms with Crippen molar-refractivity contribution in [1.82, 2.24) is 19.5 Å². The molecule has 0 atom stereocenters. The lowest BCUT2D eigenvalue weighted by molar-refractivity contribution is 0.581. The highest BCUT2D eigenvalue weighted by Crippen LogP contribution is 2.11. The van der Waals surface area contributed by atoms with Crippen LogP contribution in [0.5, 0.6) is 0 Å². The van der Waals surface area contributed by atoms with E-state index in [-0.39, 0.29) is 11.4 Å². The van der Waals surface area contributed by atoms with Crippen LogP contribution in [0.1, 0.15) is 5.56 Å². The predicted molar refractivity (Wildman–Crippen MR) is 81.8 cm³/mol. The molecule has 0 aliphatic heterocycles. The van der Waals surface area contributed by atoms with Gasteiger partial charge in [0.15, 0.2) is 0 Å². The molecule has 1 N–H and O–H groups in total. The number of hydrogen-bond acceptors (Lipinski definition) is 4. The lowest BCUT2D eigenvalue weighted by Crippen LogP contribution is -2.23. The third-order valence-corrected chi connectivity index (χ3v) is 4.56. The molecule has 3 rings (SSSR count). The molecule has 0 unspecified atom stereocenters. The first-order valence-corrected chi connectivity index (χ1v) is 8.12. The molecule has 0 aliphatic rings. The molecule has 7 heteroatoms. The van der Waals surface area contributed by atoms with Crippen LogP contribution in [0, 0.1) is 0 Å². The van der Waals surface area contributed by atoms with E-state index in [0.29, 0.717) is 0 Å². The van der Waals surface area contributed by atoms with Crippen LogP contribution in [0.4, 0.5) is 0 Å². The van der Waals surface area contributed by atoms with Crippen molar-refractivity contribution < 1.29 is 8.42 Å². The van der Waals surface area contributed by atoms with Crippen LogP contribution in [-0.2, 0) is 16.6 Å². The highest BCUT2D eigenvalue weighted by Gasteiger charge is 2.12. The predicted octanol–water partition coefficient (Wildman–Crippen LogP) is 1.75. The molecule has 3 aromatic rings. The number of aromatic nitrogens is 3. The summed E-state index contributed by atoms with van der Waals surface area (Å²) in [4.78, 5) is 4.14. The number of sulfonamides is 1. The maximum Gasteiger partial charge on any atom is 0.240 e. The Morgan fingerprint density at radius 2 is 1.73 bits per heavy atom. The number of hydrogen-bond donors (Lipinski definition) is 1. The van der Waals surface area contributed by atoms with Crippen molar-refractivity contribution in [2.45, 2.75) is 11.4 Å². The second-order valence-corrected chi connectivity index (χ2v) is 6.41. The number of nitrogens with zero attached hydrogens (tertiary/aromatic N) is 3. The summed E-state index contributed by atoms with van der Waals surface area (Å²) in [6.07, 6.45) is 3.06. The van der Waals surface area contributed by atoms with Crippen LogP contribution >= 0.6 is 0 Å². The second kappa shape index (κ2) is 6.08. The molecule has 1 aromatic heterocycles. The smallest absolute Gasteiger partial charge is 0.223 e. The first kappa shape index (κ1) is 14.4. The Labute approximate surface area is 128 Å². The summed E-state index contributed by atoms with van der Waals surface area (Å²) < 4.78 is 28.5. The van der Waals surface area contributed by atoms with Crippen LogP contribution in [0.15, 0.2) is 72.1 Å². The molecule has 22 heavy (non-hydrogen) atoms. The van der Waals surface area contributed by atoms with Gasteiger partial charge >= 0.3 is 0 Å². The van der Waals surface area contributed by atoms with Crippen molar-refractivity contribution in [3.05, 3.63) is 72.8 Å². The first-order valence-electron chi connectivity index (χ1n) is 6.64. The van der Waals surface area contributed by atoms with Crippen LogP contribution < -0.4 is 4.72 Å². The standard InChI is InChI=1S/C15H14N4O2S/c20-22(21,15-4-2-1-3-5-15)18-10-13-6-8-14(9-7-13)19-12-16-11-17-19/h1-9,11-12,18H,10H2. The molecule has 0 spiro atoms. The van der Waals surface area contributed by atoms with E-state index in [2.05, 4.69) is 14.8 Å². The molecule has 0 saturated heterocycles. The lowest BCUT2D eigenvalue weighted by Gasteiger charge is -2.07. The average Bonchev–Trinajstić information content (AvgIpc) is 3.09. The summed E-state index contributed by atoms with van der Waals surface area (Å²) in [5.74, 6) is 0. The summed E-state index contributed by atoms with van der Waals surface area (Å²) >= 11 is 0. The largest absolute Gasteiger partial charge is 0.240 e. The van der Waals surface area contributed by atoms with Gasteiger partial charge < -0.3 is 0 Å². The van der Waals surface area contributed by atoms with Gasteiger partial charge in [-0.05, 0) is 29.8 Å². The number of benzene rings is 2. The Bertz CT molecular complexity index is 829. The normalized spacial score (nSPS) is 11.5. The highest BCUT2D eigenvalue weighted by atomic mass is 32.2. The summed E-state index contributed by atoms with van der Waals surface area (Å²) in [5, 5.41) is 4.04. The van der Waals surface area contributed by atoms with Gasteiger partial charge in [-0.1, -0.05) is 30.3 Å². The third kappa shape index (κ3) is 3.21. The SMILES string of the molecule is O=S(=O)(NCc1ccc(-n2cncn2)cc1)c1ccccc1. The Kier molecular flexibility index (Phi) is 3.99. The van der Waals surface area contributed by atoms with Crippen LogP contribution in [0.2, 0.25) is 0 Å². The third-order valence-electron chi connectivity index (χ3n) is 3.14. The van der Waals surface area contributed by atoms with Gasteiger partial charge in [-0.3, -0.25) is 0 Å². The zero-order chi connectivity index (χ0) is 15.4. The van der Waals surface area contributed by atoms with Crippen LogP contribution in [-0.4, -0.2) is 23.2 Å². The Hall–Kier alpha value is -2.51. The van der Waals surface area contributed by atoms with Gasteiger partial charge in [0.2, 0.25) is 10.0 Å². The summed E-state index contributed by atoms with van der Waals surface area (Å²) in [6, 6.07) is 15.7. The average molecular weight is 314 g/mol. The molecular weight excluding hydrogens is 300 g/mol. The zero-order valence-corrected chi connectivity index (χ0v) is 12.4. The fourth-order valence-corrected chi connectivity index (χ4v) is 3.01. The fourth-order valence-electron chi connectivity index (χ4n) is 1.97. The van der Waals surface area contributed by atoms with Crippen molar-refractivity contribution in [3.63, 3.8) is 0 Å². The van der Waals surface area contributed by atoms with E-state index < -0.39 is 10.0 Å². The van der Waals surface area contributed by atoms with Gasteiger partial charge in [-0.2, -0.15) is 5.10 Å².